The summed E-state index contributed by atoms with van der Waals surface area (Å²) in [5.41, 5.74) is 5.05. The molecule has 0 aliphatic rings. The molecule has 0 spiro atoms. The highest BCUT2D eigenvalue weighted by Crippen LogP contribution is 2.27. The molecule has 4 nitrogen and oxygen atoms in total. The van der Waals surface area contributed by atoms with Gasteiger partial charge in [0.25, 0.3) is 0 Å². The quantitative estimate of drug-likeness (QED) is 0.902. The Hall–Kier alpha value is -2.10. The molecule has 18 heavy (non-hydrogen) atoms. The lowest BCUT2D eigenvalue weighted by atomic mass is 10.0. The van der Waals surface area contributed by atoms with Crippen LogP contribution in [0.4, 0.5) is 0 Å². The minimum absolute atomic E-state index is 0.0987. The molecule has 0 amide bonds. The Morgan fingerprint density at radius 1 is 1.22 bits per heavy atom. The van der Waals surface area contributed by atoms with Crippen molar-refractivity contribution in [2.45, 2.75) is 27.3 Å². The van der Waals surface area contributed by atoms with Crippen LogP contribution in [0.15, 0.2) is 24.3 Å². The SMILES string of the molecule is Cc1ccc(-c2c(C)nn(CC(=O)O)c2C)cc1. The van der Waals surface area contributed by atoms with Crippen LogP contribution in [0.3, 0.4) is 0 Å². The standard InChI is InChI=1S/C14H16N2O2/c1-9-4-6-12(7-5-9)14-10(2)15-16(11(14)3)8-13(17)18/h4-7H,8H2,1-3H3,(H,17,18). The summed E-state index contributed by atoms with van der Waals surface area (Å²) in [6.07, 6.45) is 0. The third-order valence-electron chi connectivity index (χ3n) is 3.01. The second-order valence-corrected chi connectivity index (χ2v) is 4.46. The molecule has 4 heteroatoms. The van der Waals surface area contributed by atoms with E-state index in [-0.39, 0.29) is 6.54 Å². The Morgan fingerprint density at radius 2 is 1.83 bits per heavy atom. The fourth-order valence-electron chi connectivity index (χ4n) is 2.12. The molecule has 0 fully saturated rings. The van der Waals surface area contributed by atoms with Crippen molar-refractivity contribution in [2.75, 3.05) is 0 Å². The van der Waals surface area contributed by atoms with Crippen LogP contribution in [0.2, 0.25) is 0 Å². The van der Waals surface area contributed by atoms with Crippen LogP contribution < -0.4 is 0 Å². The van der Waals surface area contributed by atoms with E-state index >= 15 is 0 Å². The molecule has 0 radical (unpaired) electrons. The maximum absolute atomic E-state index is 10.8. The van der Waals surface area contributed by atoms with E-state index in [0.717, 1.165) is 22.5 Å². The maximum atomic E-state index is 10.8. The van der Waals surface area contributed by atoms with Crippen molar-refractivity contribution in [1.82, 2.24) is 9.78 Å². The van der Waals surface area contributed by atoms with Crippen molar-refractivity contribution in [3.8, 4) is 11.1 Å². The van der Waals surface area contributed by atoms with Gasteiger partial charge in [0, 0.05) is 11.3 Å². The number of hydrogen-bond acceptors (Lipinski definition) is 2. The van der Waals surface area contributed by atoms with E-state index in [1.54, 1.807) is 0 Å². The van der Waals surface area contributed by atoms with Gasteiger partial charge in [-0.3, -0.25) is 9.48 Å². The molecule has 1 N–H and O–H groups in total. The van der Waals surface area contributed by atoms with E-state index < -0.39 is 5.97 Å². The number of carboxylic acids is 1. The summed E-state index contributed by atoms with van der Waals surface area (Å²) in [5, 5.41) is 13.1. The normalized spacial score (nSPS) is 10.6. The fourth-order valence-corrected chi connectivity index (χ4v) is 2.12. The number of carbonyl (C=O) groups is 1. The Kier molecular flexibility index (Phi) is 3.19. The highest BCUT2D eigenvalue weighted by Gasteiger charge is 2.14. The minimum Gasteiger partial charge on any atom is -0.480 e. The average Bonchev–Trinajstić information content (AvgIpc) is 2.55. The van der Waals surface area contributed by atoms with Crippen molar-refractivity contribution >= 4 is 5.97 Å². The Balaban J connectivity index is 2.48. The number of rotatable bonds is 3. The zero-order chi connectivity index (χ0) is 13.3. The summed E-state index contributed by atoms with van der Waals surface area (Å²) in [6, 6.07) is 8.17. The fraction of sp³-hybridized carbons (Fsp3) is 0.286. The van der Waals surface area contributed by atoms with Crippen LogP contribution in [0.1, 0.15) is 17.0 Å². The van der Waals surface area contributed by atoms with E-state index in [9.17, 15) is 4.79 Å². The van der Waals surface area contributed by atoms with Gasteiger partial charge in [-0.05, 0) is 26.3 Å². The number of nitrogens with zero attached hydrogens (tertiary/aromatic N) is 2. The zero-order valence-electron chi connectivity index (χ0n) is 10.8. The van der Waals surface area contributed by atoms with Gasteiger partial charge < -0.3 is 5.11 Å². The Bertz CT molecular complexity index is 583. The summed E-state index contributed by atoms with van der Waals surface area (Å²) < 4.78 is 1.53. The molecule has 1 aromatic heterocycles. The molecule has 2 aromatic rings. The van der Waals surface area contributed by atoms with Gasteiger partial charge in [-0.1, -0.05) is 29.8 Å². The van der Waals surface area contributed by atoms with Gasteiger partial charge in [-0.25, -0.2) is 0 Å². The molecule has 94 valence electrons. The topological polar surface area (TPSA) is 55.1 Å². The van der Waals surface area contributed by atoms with E-state index in [0.29, 0.717) is 0 Å². The van der Waals surface area contributed by atoms with Crippen LogP contribution in [-0.2, 0) is 11.3 Å². The average molecular weight is 244 g/mol. The molecule has 0 aliphatic heterocycles. The number of hydrogen-bond donors (Lipinski definition) is 1. The molecule has 0 atom stereocenters. The lowest BCUT2D eigenvalue weighted by Gasteiger charge is -2.04. The van der Waals surface area contributed by atoms with E-state index in [1.165, 1.54) is 10.2 Å². The summed E-state index contributed by atoms with van der Waals surface area (Å²) in [5.74, 6) is -0.879. The number of aromatic nitrogens is 2. The lowest BCUT2D eigenvalue weighted by molar-refractivity contribution is -0.137. The Labute approximate surface area is 106 Å². The van der Waals surface area contributed by atoms with E-state index in [2.05, 4.69) is 5.10 Å². The molecular weight excluding hydrogens is 228 g/mol. The molecule has 0 bridgehead atoms. The zero-order valence-corrected chi connectivity index (χ0v) is 10.8. The van der Waals surface area contributed by atoms with Crippen LogP contribution in [-0.4, -0.2) is 20.9 Å². The first-order chi connectivity index (χ1) is 8.49. The summed E-state index contributed by atoms with van der Waals surface area (Å²) >= 11 is 0. The monoisotopic (exact) mass is 244 g/mol. The number of benzene rings is 1. The van der Waals surface area contributed by atoms with Crippen LogP contribution in [0.5, 0.6) is 0 Å². The maximum Gasteiger partial charge on any atom is 0.325 e. The first-order valence-electron chi connectivity index (χ1n) is 5.82. The first-order valence-corrected chi connectivity index (χ1v) is 5.82. The number of aryl methyl sites for hydroxylation is 2. The molecular formula is C14H16N2O2. The first kappa shape index (κ1) is 12.4. The molecule has 0 saturated carbocycles. The van der Waals surface area contributed by atoms with Gasteiger partial charge >= 0.3 is 5.97 Å². The summed E-state index contributed by atoms with van der Waals surface area (Å²) in [7, 11) is 0. The smallest absolute Gasteiger partial charge is 0.325 e. The second-order valence-electron chi connectivity index (χ2n) is 4.46. The van der Waals surface area contributed by atoms with Gasteiger partial charge in [-0.2, -0.15) is 5.10 Å². The van der Waals surface area contributed by atoms with Crippen molar-refractivity contribution in [3.63, 3.8) is 0 Å². The van der Waals surface area contributed by atoms with E-state index in [1.807, 2.05) is 45.0 Å². The lowest BCUT2D eigenvalue weighted by Crippen LogP contribution is -2.11. The predicted octanol–water partition coefficient (Wildman–Crippen LogP) is 2.56. The molecule has 0 unspecified atom stereocenters. The number of aliphatic carboxylic acids is 1. The van der Waals surface area contributed by atoms with Crippen molar-refractivity contribution < 1.29 is 9.90 Å². The van der Waals surface area contributed by atoms with Gasteiger partial charge in [0.2, 0.25) is 0 Å². The third-order valence-corrected chi connectivity index (χ3v) is 3.01. The highest BCUT2D eigenvalue weighted by molar-refractivity contribution is 5.70. The van der Waals surface area contributed by atoms with Crippen LogP contribution >= 0.6 is 0 Å². The van der Waals surface area contributed by atoms with Crippen molar-refractivity contribution in [2.24, 2.45) is 0 Å². The molecule has 0 saturated heterocycles. The molecule has 1 heterocycles. The predicted molar refractivity (Wildman–Crippen MR) is 69.5 cm³/mol. The Morgan fingerprint density at radius 3 is 2.39 bits per heavy atom. The van der Waals surface area contributed by atoms with Gasteiger partial charge in [0.15, 0.2) is 0 Å². The molecule has 2 rings (SSSR count). The largest absolute Gasteiger partial charge is 0.480 e. The second kappa shape index (κ2) is 4.64. The third kappa shape index (κ3) is 2.27. The molecule has 1 aromatic carbocycles. The highest BCUT2D eigenvalue weighted by atomic mass is 16.4. The van der Waals surface area contributed by atoms with E-state index in [4.69, 9.17) is 5.11 Å². The summed E-state index contributed by atoms with van der Waals surface area (Å²) in [6.45, 7) is 5.74. The van der Waals surface area contributed by atoms with Gasteiger partial charge in [0.05, 0.1) is 5.69 Å². The van der Waals surface area contributed by atoms with Crippen molar-refractivity contribution in [3.05, 3.63) is 41.2 Å². The van der Waals surface area contributed by atoms with Gasteiger partial charge in [0.1, 0.15) is 6.54 Å². The molecule has 0 aliphatic carbocycles. The summed E-state index contributed by atoms with van der Waals surface area (Å²) in [4.78, 5) is 10.8. The van der Waals surface area contributed by atoms with Crippen LogP contribution in [0, 0.1) is 20.8 Å². The van der Waals surface area contributed by atoms with Gasteiger partial charge in [-0.15, -0.1) is 0 Å². The van der Waals surface area contributed by atoms with Crippen LogP contribution in [0.25, 0.3) is 11.1 Å². The minimum atomic E-state index is -0.879. The van der Waals surface area contributed by atoms with Crippen molar-refractivity contribution in [1.29, 1.82) is 0 Å². The number of carboxylic acid groups (broad SMARTS) is 1.